The lowest BCUT2D eigenvalue weighted by atomic mass is 9.97. The van der Waals surface area contributed by atoms with Gasteiger partial charge < -0.3 is 9.84 Å². The first-order valence-electron chi connectivity index (χ1n) is 13.1. The normalized spacial score (nSPS) is 13.3. The highest BCUT2D eigenvalue weighted by atomic mass is 32.2. The fourth-order valence-electron chi connectivity index (χ4n) is 4.70. The summed E-state index contributed by atoms with van der Waals surface area (Å²) in [6.45, 7) is 0. The minimum Gasteiger partial charge on any atom is -0.476 e. The number of benzene rings is 3. The predicted molar refractivity (Wildman–Crippen MR) is 155 cm³/mol. The van der Waals surface area contributed by atoms with E-state index in [1.807, 2.05) is 18.2 Å². The molecule has 1 aliphatic rings. The van der Waals surface area contributed by atoms with Gasteiger partial charge in [-0.1, -0.05) is 30.3 Å². The second kappa shape index (κ2) is 11.1. The summed E-state index contributed by atoms with van der Waals surface area (Å²) in [4.78, 5) is 15.9. The Morgan fingerprint density at radius 1 is 1.07 bits per heavy atom. The number of ether oxygens (including phenoxy) is 1. The van der Waals surface area contributed by atoms with Crippen molar-refractivity contribution in [3.63, 3.8) is 0 Å². The number of nitrogens with two attached hydrogens (primary N) is 1. The highest BCUT2D eigenvalue weighted by molar-refractivity contribution is 7.89. The van der Waals surface area contributed by atoms with E-state index in [2.05, 4.69) is 4.98 Å². The lowest BCUT2D eigenvalue weighted by Crippen LogP contribution is -2.12. The van der Waals surface area contributed by atoms with Crippen LogP contribution in [-0.2, 0) is 22.9 Å². The van der Waals surface area contributed by atoms with Gasteiger partial charge in [0.2, 0.25) is 15.2 Å². The maximum Gasteiger partial charge on any atom is 0.355 e. The van der Waals surface area contributed by atoms with Crippen molar-refractivity contribution in [1.29, 1.82) is 0 Å². The molecule has 1 aliphatic carbocycles. The third-order valence-electron chi connectivity index (χ3n) is 6.93. The first-order valence-corrected chi connectivity index (χ1v) is 15.5. The van der Waals surface area contributed by atoms with Crippen LogP contribution in [0.2, 0.25) is 0 Å². The first-order chi connectivity index (χ1) is 20.1. The molecule has 1 saturated carbocycles. The Kier molecular flexibility index (Phi) is 7.35. The molecule has 0 saturated heterocycles. The summed E-state index contributed by atoms with van der Waals surface area (Å²) in [6.07, 6.45) is 3.31. The lowest BCUT2D eigenvalue weighted by Gasteiger charge is -2.10. The summed E-state index contributed by atoms with van der Waals surface area (Å²) in [6, 6.07) is 19.6. The predicted octanol–water partition coefficient (Wildman–Crippen LogP) is 5.82. The second-order valence-corrected chi connectivity index (χ2v) is 12.5. The van der Waals surface area contributed by atoms with Crippen LogP contribution in [-0.4, -0.2) is 34.3 Å². The standard InChI is InChI=1S/C30H25FN4O5S2/c31-21-4-2-6-23(16-21)40-22-5-1-3-20(15-22)28-25(13-18-9-11-24(12-10-18)42(32,38)39)27(14-19-7-8-19)35(34-28)30-33-26(17-41-30)29(36)37/h1-6,9-12,15-17,19H,7-8,13-14H2,(H,36,37)(H2,32,38,39). The molecule has 42 heavy (non-hydrogen) atoms. The van der Waals surface area contributed by atoms with Crippen LogP contribution in [0.15, 0.2) is 83.1 Å². The molecule has 2 heterocycles. The quantitative estimate of drug-likeness (QED) is 0.205. The van der Waals surface area contributed by atoms with Crippen molar-refractivity contribution in [3.8, 4) is 27.9 Å². The van der Waals surface area contributed by atoms with Crippen molar-refractivity contribution >= 4 is 27.3 Å². The zero-order valence-corrected chi connectivity index (χ0v) is 23.7. The van der Waals surface area contributed by atoms with Crippen LogP contribution in [0.25, 0.3) is 16.4 Å². The van der Waals surface area contributed by atoms with E-state index in [4.69, 9.17) is 15.0 Å². The highest BCUT2D eigenvalue weighted by Gasteiger charge is 2.29. The Hall–Kier alpha value is -4.39. The number of carboxylic acids is 1. The fourth-order valence-corrected chi connectivity index (χ4v) is 5.99. The molecule has 1 fully saturated rings. The minimum atomic E-state index is -3.84. The number of aromatic carboxylic acids is 1. The average molecular weight is 605 g/mol. The summed E-state index contributed by atoms with van der Waals surface area (Å²) in [5.74, 6) is -0.218. The molecule has 0 atom stereocenters. The fraction of sp³-hybridized carbons (Fsp3) is 0.167. The molecule has 0 radical (unpaired) electrons. The maximum atomic E-state index is 13.8. The second-order valence-electron chi connectivity index (χ2n) is 10.1. The summed E-state index contributed by atoms with van der Waals surface area (Å²) in [5, 5.41) is 21.7. The van der Waals surface area contributed by atoms with Gasteiger partial charge in [-0.15, -0.1) is 11.3 Å². The third kappa shape index (κ3) is 6.10. The number of carbonyl (C=O) groups is 1. The molecule has 0 unspecified atom stereocenters. The smallest absolute Gasteiger partial charge is 0.355 e. The van der Waals surface area contributed by atoms with Crippen LogP contribution in [0.3, 0.4) is 0 Å². The van der Waals surface area contributed by atoms with Gasteiger partial charge in [-0.3, -0.25) is 0 Å². The minimum absolute atomic E-state index is 0.0200. The van der Waals surface area contributed by atoms with Crippen LogP contribution in [0.1, 0.15) is 40.2 Å². The number of aromatic nitrogens is 3. The molecule has 3 aromatic carbocycles. The molecule has 12 heteroatoms. The molecular weight excluding hydrogens is 579 g/mol. The third-order valence-corrected chi connectivity index (χ3v) is 8.68. The number of rotatable bonds is 10. The van der Waals surface area contributed by atoms with E-state index in [1.54, 1.807) is 35.0 Å². The zero-order valence-electron chi connectivity index (χ0n) is 22.1. The number of carboxylic acid groups (broad SMARTS) is 1. The van der Waals surface area contributed by atoms with Crippen molar-refractivity contribution < 1.29 is 27.4 Å². The average Bonchev–Trinajstić information content (AvgIpc) is 3.50. The van der Waals surface area contributed by atoms with E-state index in [0.717, 1.165) is 41.6 Å². The number of primary sulfonamides is 1. The van der Waals surface area contributed by atoms with Crippen LogP contribution >= 0.6 is 11.3 Å². The van der Waals surface area contributed by atoms with Gasteiger partial charge in [-0.05, 0) is 67.1 Å². The Labute approximate surface area is 245 Å². The Morgan fingerprint density at radius 2 is 1.79 bits per heavy atom. The van der Waals surface area contributed by atoms with Crippen LogP contribution in [0.5, 0.6) is 11.5 Å². The number of hydrogen-bond acceptors (Lipinski definition) is 7. The molecule has 3 N–H and O–H groups in total. The topological polar surface area (TPSA) is 137 Å². The van der Waals surface area contributed by atoms with E-state index in [0.29, 0.717) is 34.7 Å². The molecule has 9 nitrogen and oxygen atoms in total. The molecular formula is C30H25FN4O5S2. The number of thiazole rings is 1. The Bertz CT molecular complexity index is 1900. The van der Waals surface area contributed by atoms with Gasteiger partial charge in [0.15, 0.2) is 5.69 Å². The zero-order chi connectivity index (χ0) is 29.4. The summed E-state index contributed by atoms with van der Waals surface area (Å²) >= 11 is 1.19. The highest BCUT2D eigenvalue weighted by Crippen LogP contribution is 2.39. The van der Waals surface area contributed by atoms with Crippen LogP contribution in [0, 0.1) is 11.7 Å². The van der Waals surface area contributed by atoms with Gasteiger partial charge in [-0.2, -0.15) is 5.10 Å². The van der Waals surface area contributed by atoms with E-state index < -0.39 is 21.8 Å². The molecule has 0 spiro atoms. The van der Waals surface area contributed by atoms with Crippen molar-refractivity contribution in [2.75, 3.05) is 0 Å². The molecule has 6 rings (SSSR count). The van der Waals surface area contributed by atoms with E-state index in [-0.39, 0.29) is 10.6 Å². The SMILES string of the molecule is NS(=O)(=O)c1ccc(Cc2c(-c3cccc(Oc4cccc(F)c4)c3)nn(-c3nc(C(=O)O)cs3)c2CC2CC2)cc1. The summed E-state index contributed by atoms with van der Waals surface area (Å²) < 4.78 is 45.0. The maximum absolute atomic E-state index is 13.8. The summed E-state index contributed by atoms with van der Waals surface area (Å²) in [5.41, 5.74) is 3.99. The van der Waals surface area contributed by atoms with Crippen molar-refractivity contribution in [3.05, 3.63) is 107 Å². The van der Waals surface area contributed by atoms with Crippen LogP contribution < -0.4 is 9.88 Å². The molecule has 214 valence electrons. The van der Waals surface area contributed by atoms with Gasteiger partial charge in [0.05, 0.1) is 16.3 Å². The first kappa shape index (κ1) is 27.8. The molecule has 2 aromatic heterocycles. The van der Waals surface area contributed by atoms with Gasteiger partial charge in [0.25, 0.3) is 0 Å². The van der Waals surface area contributed by atoms with Crippen LogP contribution in [0.4, 0.5) is 4.39 Å². The number of nitrogens with zero attached hydrogens (tertiary/aromatic N) is 3. The lowest BCUT2D eigenvalue weighted by molar-refractivity contribution is 0.0691. The monoisotopic (exact) mass is 604 g/mol. The Morgan fingerprint density at radius 3 is 2.43 bits per heavy atom. The van der Waals surface area contributed by atoms with Crippen molar-refractivity contribution in [2.24, 2.45) is 11.1 Å². The van der Waals surface area contributed by atoms with Gasteiger partial charge in [-0.25, -0.2) is 32.4 Å². The number of hydrogen-bond donors (Lipinski definition) is 2. The number of halogens is 1. The Balaban J connectivity index is 1.47. The largest absolute Gasteiger partial charge is 0.476 e. The van der Waals surface area contributed by atoms with Gasteiger partial charge in [0.1, 0.15) is 17.3 Å². The van der Waals surface area contributed by atoms with Crippen molar-refractivity contribution in [1.82, 2.24) is 14.8 Å². The van der Waals surface area contributed by atoms with E-state index in [9.17, 15) is 22.7 Å². The molecule has 5 aromatic rings. The van der Waals surface area contributed by atoms with E-state index >= 15 is 0 Å². The van der Waals surface area contributed by atoms with Crippen molar-refractivity contribution in [2.45, 2.75) is 30.6 Å². The van der Waals surface area contributed by atoms with E-state index in [1.165, 1.54) is 41.0 Å². The van der Waals surface area contributed by atoms with Gasteiger partial charge in [0, 0.05) is 29.0 Å². The number of sulfonamides is 1. The molecule has 0 aliphatic heterocycles. The summed E-state index contributed by atoms with van der Waals surface area (Å²) in [7, 11) is -3.84. The van der Waals surface area contributed by atoms with Gasteiger partial charge >= 0.3 is 5.97 Å². The molecule has 0 bridgehead atoms. The molecule has 0 amide bonds.